The van der Waals surface area contributed by atoms with E-state index in [0.29, 0.717) is 18.8 Å². The van der Waals surface area contributed by atoms with Crippen LogP contribution in [0.2, 0.25) is 0 Å². The molecule has 1 aromatic carbocycles. The van der Waals surface area contributed by atoms with E-state index in [1.165, 1.54) is 11.1 Å². The first-order chi connectivity index (χ1) is 13.5. The number of rotatable bonds is 5. The maximum absolute atomic E-state index is 5.82. The Balaban J connectivity index is 1.40. The number of ether oxygens (including phenoxy) is 1. The van der Waals surface area contributed by atoms with Gasteiger partial charge in [0.15, 0.2) is 5.65 Å². The van der Waals surface area contributed by atoms with Crippen molar-refractivity contribution >= 4 is 32.8 Å². The lowest BCUT2D eigenvalue weighted by molar-refractivity contribution is -0.0704. The second-order valence-electron chi connectivity index (χ2n) is 7.46. The highest BCUT2D eigenvalue weighted by Gasteiger charge is 2.22. The van der Waals surface area contributed by atoms with E-state index in [0.717, 1.165) is 41.1 Å². The molecule has 1 aliphatic heterocycles. The molecule has 1 N–H and O–H groups in total. The molecule has 0 amide bonds. The quantitative estimate of drug-likeness (QED) is 0.650. The zero-order chi connectivity index (χ0) is 19.7. The number of morpholine rings is 1. The molecule has 2 atom stereocenters. The summed E-state index contributed by atoms with van der Waals surface area (Å²) in [4.78, 5) is 11.1. The van der Waals surface area contributed by atoms with Crippen LogP contribution in [0.3, 0.4) is 0 Å². The van der Waals surface area contributed by atoms with Crippen molar-refractivity contribution in [3.8, 4) is 0 Å². The highest BCUT2D eigenvalue weighted by Crippen LogP contribution is 2.27. The molecule has 4 rings (SSSR count). The molecule has 3 aromatic rings. The highest BCUT2D eigenvalue weighted by atomic mass is 79.9. The summed E-state index contributed by atoms with van der Waals surface area (Å²) in [5.74, 6) is 0.783. The Kier molecular flexibility index (Phi) is 5.61. The van der Waals surface area contributed by atoms with Gasteiger partial charge in [-0.05, 0) is 40.9 Å². The van der Waals surface area contributed by atoms with Gasteiger partial charge in [-0.15, -0.1) is 0 Å². The van der Waals surface area contributed by atoms with Crippen LogP contribution in [0.5, 0.6) is 0 Å². The Morgan fingerprint density at radius 3 is 2.50 bits per heavy atom. The van der Waals surface area contributed by atoms with Crippen LogP contribution in [0.15, 0.2) is 35.2 Å². The Morgan fingerprint density at radius 2 is 1.79 bits per heavy atom. The number of hydrogen-bond acceptors (Lipinski definition) is 6. The van der Waals surface area contributed by atoms with Gasteiger partial charge in [0.05, 0.1) is 17.6 Å². The van der Waals surface area contributed by atoms with Crippen LogP contribution in [0.4, 0.5) is 5.82 Å². The molecule has 3 heterocycles. The molecular weight excluding hydrogens is 420 g/mol. The monoisotopic (exact) mass is 444 g/mol. The molecule has 0 bridgehead atoms. The first-order valence-corrected chi connectivity index (χ1v) is 10.3. The van der Waals surface area contributed by atoms with Crippen LogP contribution >= 0.6 is 15.9 Å². The van der Waals surface area contributed by atoms with Crippen LogP contribution < -0.4 is 5.32 Å². The van der Waals surface area contributed by atoms with Gasteiger partial charge in [-0.3, -0.25) is 4.90 Å². The summed E-state index contributed by atoms with van der Waals surface area (Å²) in [5, 5.41) is 8.67. The van der Waals surface area contributed by atoms with Crippen molar-refractivity contribution in [2.24, 2.45) is 7.05 Å². The molecular formula is C20H25BrN6O. The van der Waals surface area contributed by atoms with E-state index in [9.17, 15) is 0 Å². The highest BCUT2D eigenvalue weighted by molar-refractivity contribution is 9.10. The van der Waals surface area contributed by atoms with Gasteiger partial charge >= 0.3 is 0 Å². The fourth-order valence-corrected chi connectivity index (χ4v) is 4.40. The van der Waals surface area contributed by atoms with E-state index < -0.39 is 0 Å². The number of halogens is 1. The predicted octanol–water partition coefficient (Wildman–Crippen LogP) is 3.35. The van der Waals surface area contributed by atoms with Crippen LogP contribution in [-0.4, -0.2) is 49.9 Å². The van der Waals surface area contributed by atoms with Gasteiger partial charge in [0.1, 0.15) is 16.7 Å². The molecule has 8 heteroatoms. The normalized spacial score (nSPS) is 20.6. The summed E-state index contributed by atoms with van der Waals surface area (Å²) in [5.41, 5.74) is 3.33. The van der Waals surface area contributed by atoms with Crippen LogP contribution in [0.1, 0.15) is 25.0 Å². The third kappa shape index (κ3) is 4.19. The summed E-state index contributed by atoms with van der Waals surface area (Å²) in [6, 6.07) is 8.76. The van der Waals surface area contributed by atoms with Crippen molar-refractivity contribution in [2.45, 2.75) is 39.1 Å². The smallest absolute Gasteiger partial charge is 0.164 e. The van der Waals surface area contributed by atoms with Gasteiger partial charge in [-0.1, -0.05) is 24.3 Å². The lowest BCUT2D eigenvalue weighted by Gasteiger charge is -2.35. The molecule has 1 saturated heterocycles. The first-order valence-electron chi connectivity index (χ1n) is 9.52. The summed E-state index contributed by atoms with van der Waals surface area (Å²) < 4.78 is 8.31. The fraction of sp³-hybridized carbons (Fsp3) is 0.450. The molecule has 0 radical (unpaired) electrons. The number of aromatic nitrogens is 4. The zero-order valence-corrected chi connectivity index (χ0v) is 18.0. The number of nitrogens with one attached hydrogen (secondary N) is 1. The van der Waals surface area contributed by atoms with Crippen molar-refractivity contribution in [3.05, 3.63) is 46.3 Å². The SMILES string of the molecule is CC1CN(Cc2ccc(CNc3ncnc4c3c(Br)nn4C)cc2)CC(C)O1. The number of anilines is 1. The van der Waals surface area contributed by atoms with Crippen LogP contribution in [0.25, 0.3) is 11.0 Å². The summed E-state index contributed by atoms with van der Waals surface area (Å²) in [7, 11) is 1.87. The number of fused-ring (bicyclic) bond motifs is 1. The third-order valence-electron chi connectivity index (χ3n) is 4.96. The average molecular weight is 445 g/mol. The number of aryl methyl sites for hydroxylation is 1. The molecule has 0 saturated carbocycles. The summed E-state index contributed by atoms with van der Waals surface area (Å²) in [6.45, 7) is 7.90. The van der Waals surface area contributed by atoms with E-state index in [1.54, 1.807) is 11.0 Å². The summed E-state index contributed by atoms with van der Waals surface area (Å²) >= 11 is 3.49. The maximum atomic E-state index is 5.82. The average Bonchev–Trinajstić information content (AvgIpc) is 2.95. The molecule has 28 heavy (non-hydrogen) atoms. The van der Waals surface area contributed by atoms with Gasteiger partial charge in [-0.25, -0.2) is 14.6 Å². The van der Waals surface area contributed by atoms with Gasteiger partial charge in [-0.2, -0.15) is 5.10 Å². The van der Waals surface area contributed by atoms with Crippen LogP contribution in [0, 0.1) is 0 Å². The van der Waals surface area contributed by atoms with Gasteiger partial charge in [0.2, 0.25) is 0 Å². The lowest BCUT2D eigenvalue weighted by Crippen LogP contribution is -2.44. The fourth-order valence-electron chi connectivity index (χ4n) is 3.79. The minimum absolute atomic E-state index is 0.295. The zero-order valence-electron chi connectivity index (χ0n) is 16.4. The molecule has 2 unspecified atom stereocenters. The lowest BCUT2D eigenvalue weighted by atomic mass is 10.1. The van der Waals surface area contributed by atoms with E-state index >= 15 is 0 Å². The van der Waals surface area contributed by atoms with Gasteiger partial charge in [0.25, 0.3) is 0 Å². The molecule has 1 fully saturated rings. The third-order valence-corrected chi connectivity index (χ3v) is 5.52. The largest absolute Gasteiger partial charge is 0.373 e. The van der Waals surface area contributed by atoms with Crippen molar-refractivity contribution < 1.29 is 4.74 Å². The van der Waals surface area contributed by atoms with Crippen molar-refractivity contribution in [3.63, 3.8) is 0 Å². The van der Waals surface area contributed by atoms with Crippen LogP contribution in [-0.2, 0) is 24.9 Å². The molecule has 1 aliphatic rings. The van der Waals surface area contributed by atoms with E-state index in [-0.39, 0.29) is 0 Å². The van der Waals surface area contributed by atoms with Crippen molar-refractivity contribution in [2.75, 3.05) is 18.4 Å². The first kappa shape index (κ1) is 19.3. The Morgan fingerprint density at radius 1 is 1.11 bits per heavy atom. The van der Waals surface area contributed by atoms with E-state index in [2.05, 4.69) is 79.3 Å². The Bertz CT molecular complexity index is 947. The molecule has 0 aliphatic carbocycles. The van der Waals surface area contributed by atoms with E-state index in [1.807, 2.05) is 7.05 Å². The van der Waals surface area contributed by atoms with E-state index in [4.69, 9.17) is 4.74 Å². The minimum Gasteiger partial charge on any atom is -0.373 e. The molecule has 148 valence electrons. The second kappa shape index (κ2) is 8.14. The van der Waals surface area contributed by atoms with Crippen molar-refractivity contribution in [1.29, 1.82) is 0 Å². The Hall–Kier alpha value is -2.03. The molecule has 7 nitrogen and oxygen atoms in total. The number of benzene rings is 1. The predicted molar refractivity (Wildman–Crippen MR) is 113 cm³/mol. The standard InChI is InChI=1S/C20H25BrN6O/c1-13-9-27(10-14(2)28-13)11-16-6-4-15(5-7-16)8-22-19-17-18(21)25-26(3)20(17)24-12-23-19/h4-7,12-14H,8-11H2,1-3H3,(H,22,23,24). The van der Waals surface area contributed by atoms with Gasteiger partial charge in [0, 0.05) is 33.2 Å². The maximum Gasteiger partial charge on any atom is 0.164 e. The summed E-state index contributed by atoms with van der Waals surface area (Å²) in [6.07, 6.45) is 2.15. The van der Waals surface area contributed by atoms with Gasteiger partial charge < -0.3 is 10.1 Å². The molecule has 2 aromatic heterocycles. The second-order valence-corrected chi connectivity index (χ2v) is 8.21. The number of nitrogens with zero attached hydrogens (tertiary/aromatic N) is 5. The molecule has 0 spiro atoms. The minimum atomic E-state index is 0.295. The Labute approximate surface area is 173 Å². The van der Waals surface area contributed by atoms with Crippen molar-refractivity contribution in [1.82, 2.24) is 24.6 Å². The topological polar surface area (TPSA) is 68.1 Å². The number of hydrogen-bond donors (Lipinski definition) is 1.